The average Bonchev–Trinajstić information content (AvgIpc) is 2.28. The highest BCUT2D eigenvalue weighted by atomic mass is 35.5. The molecule has 17 heavy (non-hydrogen) atoms. The SMILES string of the molecule is CC1CCCC(C)N1Cc1ccc(Cl)c(N)c1. The molecule has 1 aromatic carbocycles. The summed E-state index contributed by atoms with van der Waals surface area (Å²) in [7, 11) is 0. The van der Waals surface area contributed by atoms with Gasteiger partial charge in [0.2, 0.25) is 0 Å². The van der Waals surface area contributed by atoms with Crippen LogP contribution in [0.15, 0.2) is 18.2 Å². The molecule has 1 fully saturated rings. The zero-order valence-electron chi connectivity index (χ0n) is 10.6. The van der Waals surface area contributed by atoms with Crippen LogP contribution in [0.25, 0.3) is 0 Å². The van der Waals surface area contributed by atoms with Gasteiger partial charge in [0.25, 0.3) is 0 Å². The van der Waals surface area contributed by atoms with E-state index in [4.69, 9.17) is 17.3 Å². The van der Waals surface area contributed by atoms with E-state index in [1.807, 2.05) is 12.1 Å². The lowest BCUT2D eigenvalue weighted by molar-refractivity contribution is 0.0953. The van der Waals surface area contributed by atoms with Gasteiger partial charge in [0.15, 0.2) is 0 Å². The van der Waals surface area contributed by atoms with E-state index in [2.05, 4.69) is 24.8 Å². The van der Waals surface area contributed by atoms with E-state index in [0.717, 1.165) is 6.54 Å². The molecule has 94 valence electrons. The van der Waals surface area contributed by atoms with Crippen molar-refractivity contribution >= 4 is 17.3 Å². The number of nitrogen functional groups attached to an aromatic ring is 1. The summed E-state index contributed by atoms with van der Waals surface area (Å²) in [5.41, 5.74) is 7.78. The molecule has 3 heteroatoms. The number of hydrogen-bond donors (Lipinski definition) is 1. The minimum absolute atomic E-state index is 0.647. The molecule has 1 aromatic rings. The first-order valence-electron chi connectivity index (χ1n) is 6.37. The summed E-state index contributed by atoms with van der Waals surface area (Å²) in [5.74, 6) is 0. The molecule has 1 aliphatic heterocycles. The summed E-state index contributed by atoms with van der Waals surface area (Å²) in [6, 6.07) is 7.29. The van der Waals surface area contributed by atoms with Gasteiger partial charge < -0.3 is 5.73 Å². The number of likely N-dealkylation sites (tertiary alicyclic amines) is 1. The Morgan fingerprint density at radius 1 is 1.29 bits per heavy atom. The van der Waals surface area contributed by atoms with Crippen molar-refractivity contribution in [3.8, 4) is 0 Å². The van der Waals surface area contributed by atoms with Crippen LogP contribution in [0.3, 0.4) is 0 Å². The topological polar surface area (TPSA) is 29.3 Å². The van der Waals surface area contributed by atoms with Gasteiger partial charge in [-0.2, -0.15) is 0 Å². The predicted octanol–water partition coefficient (Wildman–Crippen LogP) is 3.69. The maximum Gasteiger partial charge on any atom is 0.0635 e. The van der Waals surface area contributed by atoms with Crippen molar-refractivity contribution in [2.75, 3.05) is 5.73 Å². The molecule has 1 heterocycles. The Morgan fingerprint density at radius 3 is 2.53 bits per heavy atom. The monoisotopic (exact) mass is 252 g/mol. The molecular weight excluding hydrogens is 232 g/mol. The van der Waals surface area contributed by atoms with Crippen molar-refractivity contribution in [2.45, 2.75) is 51.7 Å². The van der Waals surface area contributed by atoms with Crippen molar-refractivity contribution < 1.29 is 0 Å². The van der Waals surface area contributed by atoms with Gasteiger partial charge >= 0.3 is 0 Å². The Hall–Kier alpha value is -0.730. The number of benzene rings is 1. The predicted molar refractivity (Wildman–Crippen MR) is 74.2 cm³/mol. The third-order valence-electron chi connectivity index (χ3n) is 3.80. The van der Waals surface area contributed by atoms with Crippen LogP contribution in [0.1, 0.15) is 38.7 Å². The molecule has 0 spiro atoms. The van der Waals surface area contributed by atoms with Crippen molar-refractivity contribution in [3.05, 3.63) is 28.8 Å². The summed E-state index contributed by atoms with van der Waals surface area (Å²) in [5, 5.41) is 0.647. The zero-order valence-corrected chi connectivity index (χ0v) is 11.4. The number of nitrogens with two attached hydrogens (primary N) is 1. The van der Waals surface area contributed by atoms with E-state index in [-0.39, 0.29) is 0 Å². The van der Waals surface area contributed by atoms with Crippen molar-refractivity contribution in [2.24, 2.45) is 0 Å². The standard InChI is InChI=1S/C14H21ClN2/c1-10-4-3-5-11(2)17(10)9-12-6-7-13(15)14(16)8-12/h6-8,10-11H,3-5,9,16H2,1-2H3. The molecule has 2 nitrogen and oxygen atoms in total. The largest absolute Gasteiger partial charge is 0.398 e. The fourth-order valence-corrected chi connectivity index (χ4v) is 2.81. The van der Waals surface area contributed by atoms with Crippen LogP contribution >= 0.6 is 11.6 Å². The molecule has 1 saturated heterocycles. The normalized spacial score (nSPS) is 26.1. The lowest BCUT2D eigenvalue weighted by Gasteiger charge is -2.39. The van der Waals surface area contributed by atoms with Gasteiger partial charge in [-0.05, 0) is 44.4 Å². The minimum atomic E-state index is 0.647. The smallest absolute Gasteiger partial charge is 0.0635 e. The van der Waals surface area contributed by atoms with Crippen LogP contribution in [0.5, 0.6) is 0 Å². The lowest BCUT2D eigenvalue weighted by atomic mass is 9.96. The first-order chi connectivity index (χ1) is 8.08. The average molecular weight is 253 g/mol. The maximum atomic E-state index is 5.94. The molecule has 2 atom stereocenters. The van der Waals surface area contributed by atoms with E-state index >= 15 is 0 Å². The molecule has 0 aliphatic carbocycles. The molecule has 0 amide bonds. The van der Waals surface area contributed by atoms with Crippen LogP contribution in [-0.4, -0.2) is 17.0 Å². The van der Waals surface area contributed by atoms with Crippen LogP contribution in [0.4, 0.5) is 5.69 Å². The van der Waals surface area contributed by atoms with Crippen LogP contribution in [0.2, 0.25) is 5.02 Å². The van der Waals surface area contributed by atoms with Gasteiger partial charge in [0.05, 0.1) is 10.7 Å². The quantitative estimate of drug-likeness (QED) is 0.814. The second kappa shape index (κ2) is 5.28. The molecule has 2 N–H and O–H groups in total. The molecular formula is C14H21ClN2. The van der Waals surface area contributed by atoms with Crippen LogP contribution in [0, 0.1) is 0 Å². The van der Waals surface area contributed by atoms with Crippen LogP contribution < -0.4 is 5.73 Å². The summed E-state index contributed by atoms with van der Waals surface area (Å²) in [6.45, 7) is 5.60. The number of halogens is 1. The highest BCUT2D eigenvalue weighted by Crippen LogP contribution is 2.26. The Bertz CT molecular complexity index is 382. The molecule has 0 aromatic heterocycles. The Labute approximate surface area is 109 Å². The maximum absolute atomic E-state index is 5.94. The molecule has 0 radical (unpaired) electrons. The highest BCUT2D eigenvalue weighted by molar-refractivity contribution is 6.33. The van der Waals surface area contributed by atoms with Gasteiger partial charge in [-0.1, -0.05) is 24.1 Å². The van der Waals surface area contributed by atoms with Gasteiger partial charge in [-0.3, -0.25) is 4.90 Å². The second-order valence-corrected chi connectivity index (χ2v) is 5.56. The third kappa shape index (κ3) is 2.93. The summed E-state index contributed by atoms with van der Waals surface area (Å²) in [4.78, 5) is 2.56. The minimum Gasteiger partial charge on any atom is -0.398 e. The van der Waals surface area contributed by atoms with E-state index in [1.54, 1.807) is 0 Å². The van der Waals surface area contributed by atoms with Gasteiger partial charge in [-0.25, -0.2) is 0 Å². The van der Waals surface area contributed by atoms with Crippen molar-refractivity contribution in [1.82, 2.24) is 4.90 Å². The Morgan fingerprint density at radius 2 is 1.94 bits per heavy atom. The van der Waals surface area contributed by atoms with Crippen LogP contribution in [-0.2, 0) is 6.54 Å². The zero-order chi connectivity index (χ0) is 12.4. The number of anilines is 1. The van der Waals surface area contributed by atoms with Crippen molar-refractivity contribution in [1.29, 1.82) is 0 Å². The second-order valence-electron chi connectivity index (χ2n) is 5.16. The van der Waals surface area contributed by atoms with E-state index in [9.17, 15) is 0 Å². The van der Waals surface area contributed by atoms with E-state index in [0.29, 0.717) is 22.8 Å². The fraction of sp³-hybridized carbons (Fsp3) is 0.571. The Balaban J connectivity index is 2.10. The summed E-state index contributed by atoms with van der Waals surface area (Å²) < 4.78 is 0. The summed E-state index contributed by atoms with van der Waals surface area (Å²) >= 11 is 5.94. The first kappa shape index (κ1) is 12.7. The number of nitrogens with zero attached hydrogens (tertiary/aromatic N) is 1. The molecule has 2 rings (SSSR count). The number of piperidine rings is 1. The number of rotatable bonds is 2. The van der Waals surface area contributed by atoms with E-state index < -0.39 is 0 Å². The number of hydrogen-bond acceptors (Lipinski definition) is 2. The Kier molecular flexibility index (Phi) is 3.95. The molecule has 0 bridgehead atoms. The molecule has 2 unspecified atom stereocenters. The fourth-order valence-electron chi connectivity index (χ4n) is 2.69. The molecule has 0 saturated carbocycles. The van der Waals surface area contributed by atoms with Gasteiger partial charge in [-0.15, -0.1) is 0 Å². The first-order valence-corrected chi connectivity index (χ1v) is 6.75. The lowest BCUT2D eigenvalue weighted by Crippen LogP contribution is -2.42. The van der Waals surface area contributed by atoms with Crippen molar-refractivity contribution in [3.63, 3.8) is 0 Å². The third-order valence-corrected chi connectivity index (χ3v) is 4.15. The highest BCUT2D eigenvalue weighted by Gasteiger charge is 2.24. The van der Waals surface area contributed by atoms with Gasteiger partial charge in [0, 0.05) is 18.6 Å². The summed E-state index contributed by atoms with van der Waals surface area (Å²) in [6.07, 6.45) is 3.95. The van der Waals surface area contributed by atoms with E-state index in [1.165, 1.54) is 24.8 Å². The van der Waals surface area contributed by atoms with Gasteiger partial charge in [0.1, 0.15) is 0 Å². The molecule has 1 aliphatic rings.